The van der Waals surface area contributed by atoms with Gasteiger partial charge in [0.15, 0.2) is 0 Å². The zero-order chi connectivity index (χ0) is 71.9. The van der Waals surface area contributed by atoms with Crippen molar-refractivity contribution in [1.82, 2.24) is 63.0 Å². The van der Waals surface area contributed by atoms with Gasteiger partial charge in [0.25, 0.3) is 5.91 Å². The molecule has 3 aliphatic rings. The summed E-state index contributed by atoms with van der Waals surface area (Å²) in [5.41, 5.74) is 11.3. The number of piperidine rings is 1. The van der Waals surface area contributed by atoms with E-state index in [4.69, 9.17) is 5.73 Å². The lowest BCUT2D eigenvalue weighted by Crippen LogP contribution is -2.66. The van der Waals surface area contributed by atoms with Gasteiger partial charge in [-0.25, -0.2) is 0 Å². The largest absolute Gasteiger partial charge is 0.481 e. The summed E-state index contributed by atoms with van der Waals surface area (Å²) in [5, 5.41) is 52.4. The first-order valence-corrected chi connectivity index (χ1v) is 32.2. The summed E-state index contributed by atoms with van der Waals surface area (Å²) >= 11 is 0. The van der Waals surface area contributed by atoms with E-state index < -0.39 is 194 Å². The number of fused-ring (bicyclic) bond motifs is 2. The number of rotatable bonds is 19. The molecule has 98 heavy (non-hydrogen) atoms. The maximum absolute atomic E-state index is 15.3. The molecule has 0 saturated carbocycles. The number of carboxylic acid groups (broad SMARTS) is 3. The molecule has 10 atom stereocenters. The van der Waals surface area contributed by atoms with Crippen molar-refractivity contribution in [3.05, 3.63) is 106 Å². The topological polar surface area (TPSA) is 487 Å². The number of benzene rings is 3. The summed E-state index contributed by atoms with van der Waals surface area (Å²) in [4.78, 5) is 218. The highest BCUT2D eigenvalue weighted by Crippen LogP contribution is 2.23. The SMILES string of the molecule is CCC1NC(=O)CNC(=O)C(CC(=O)O)NC(=O)CNC(=O)C(CC(=O)O)NC(=O)C(C(C)C(=O)O)NC(=O)C2CCCCN2C(=O)C(NC(=O)C(CC(N)=O)NC(=O)c2ccc(CCc3ccc(CCc4ccc(C)cc4)cc3)cc2)C(C)NC(=O)C2CCCN2C(=O)CNC1=O. The predicted molar refractivity (Wildman–Crippen MR) is 346 cm³/mol. The molecule has 3 saturated heterocycles. The van der Waals surface area contributed by atoms with E-state index in [1.807, 2.05) is 17.6 Å². The highest BCUT2D eigenvalue weighted by Gasteiger charge is 2.44. The number of primary amides is 1. The molecule has 3 aliphatic heterocycles. The second-order valence-electron chi connectivity index (χ2n) is 24.4. The number of carboxylic acids is 3. The van der Waals surface area contributed by atoms with Crippen molar-refractivity contribution in [3.63, 3.8) is 0 Å². The number of hydrogen-bond acceptors (Lipinski definition) is 16. The maximum atomic E-state index is 15.3. The molecule has 528 valence electrons. The molecule has 3 aromatic carbocycles. The molecule has 0 radical (unpaired) electrons. The first-order valence-electron chi connectivity index (χ1n) is 32.2. The Morgan fingerprint density at radius 3 is 1.54 bits per heavy atom. The number of hydrogen-bond donors (Lipinski definition) is 14. The first-order chi connectivity index (χ1) is 46.5. The molecule has 13 amide bonds. The van der Waals surface area contributed by atoms with E-state index in [0.717, 1.165) is 40.7 Å². The summed E-state index contributed by atoms with van der Waals surface area (Å²) in [6, 6.07) is 7.77. The van der Waals surface area contributed by atoms with Crippen molar-refractivity contribution in [2.75, 3.05) is 32.7 Å². The van der Waals surface area contributed by atoms with Crippen molar-refractivity contribution in [2.24, 2.45) is 11.7 Å². The molecule has 0 spiro atoms. The average molecular weight is 1360 g/mol. The molecular weight excluding hydrogens is 1280 g/mol. The molecular formula is C66H85N13O19. The van der Waals surface area contributed by atoms with E-state index in [1.165, 1.54) is 42.7 Å². The van der Waals surface area contributed by atoms with E-state index in [9.17, 15) is 87.2 Å². The Balaban J connectivity index is 1.27. The zero-order valence-electron chi connectivity index (χ0n) is 54.8. The molecule has 3 fully saturated rings. The lowest BCUT2D eigenvalue weighted by atomic mass is 9.96. The van der Waals surface area contributed by atoms with Crippen molar-refractivity contribution in [2.45, 2.75) is 166 Å². The number of carbonyl (C=O) groups excluding carboxylic acids is 13. The van der Waals surface area contributed by atoms with Crippen LogP contribution in [0.25, 0.3) is 0 Å². The molecule has 0 aromatic heterocycles. The minimum Gasteiger partial charge on any atom is -0.481 e. The van der Waals surface area contributed by atoms with Gasteiger partial charge in [0.1, 0.15) is 48.3 Å². The summed E-state index contributed by atoms with van der Waals surface area (Å²) < 4.78 is 0. The van der Waals surface area contributed by atoms with Crippen molar-refractivity contribution in [1.29, 1.82) is 0 Å². The van der Waals surface area contributed by atoms with Crippen LogP contribution in [0.3, 0.4) is 0 Å². The van der Waals surface area contributed by atoms with Crippen LogP contribution >= 0.6 is 0 Å². The minimum absolute atomic E-state index is 0.00397. The van der Waals surface area contributed by atoms with Crippen LogP contribution in [0, 0.1) is 12.8 Å². The third-order valence-corrected chi connectivity index (χ3v) is 17.0. The van der Waals surface area contributed by atoms with Gasteiger partial charge in [-0.1, -0.05) is 73.2 Å². The summed E-state index contributed by atoms with van der Waals surface area (Å²) in [7, 11) is 0. The van der Waals surface area contributed by atoms with Gasteiger partial charge in [0, 0.05) is 18.7 Å². The Morgan fingerprint density at radius 1 is 0.561 bits per heavy atom. The Labute approximate surface area is 563 Å². The number of aliphatic carboxylic acids is 3. The van der Waals surface area contributed by atoms with Crippen LogP contribution in [0.1, 0.15) is 117 Å². The first kappa shape index (κ1) is 76.2. The zero-order valence-corrected chi connectivity index (χ0v) is 54.8. The lowest BCUT2D eigenvalue weighted by molar-refractivity contribution is -0.149. The van der Waals surface area contributed by atoms with Gasteiger partial charge in [0.05, 0.1) is 50.9 Å². The van der Waals surface area contributed by atoms with E-state index in [2.05, 4.69) is 91.1 Å². The van der Waals surface area contributed by atoms with E-state index in [-0.39, 0.29) is 57.2 Å². The van der Waals surface area contributed by atoms with E-state index in [0.29, 0.717) is 12.8 Å². The van der Waals surface area contributed by atoms with Gasteiger partial charge in [-0.3, -0.25) is 76.7 Å². The Morgan fingerprint density at radius 2 is 1.02 bits per heavy atom. The van der Waals surface area contributed by atoms with Gasteiger partial charge < -0.3 is 84.0 Å². The number of nitrogens with zero attached hydrogens (tertiary/aromatic N) is 2. The second kappa shape index (κ2) is 36.3. The van der Waals surface area contributed by atoms with Crippen molar-refractivity contribution >= 4 is 94.7 Å². The van der Waals surface area contributed by atoms with Crippen molar-refractivity contribution < 1.29 is 92.0 Å². The third-order valence-electron chi connectivity index (χ3n) is 17.0. The van der Waals surface area contributed by atoms with Crippen molar-refractivity contribution in [3.8, 4) is 0 Å². The van der Waals surface area contributed by atoms with Crippen LogP contribution in [0.5, 0.6) is 0 Å². The fraction of sp³-hybridized carbons (Fsp3) is 0.485. The lowest BCUT2D eigenvalue weighted by Gasteiger charge is -2.39. The smallest absolute Gasteiger partial charge is 0.308 e. The average Bonchev–Trinajstić information content (AvgIpc) is 1.01. The van der Waals surface area contributed by atoms with Crippen LogP contribution in [0.2, 0.25) is 0 Å². The molecule has 6 rings (SSSR count). The number of aryl methyl sites for hydroxylation is 5. The monoisotopic (exact) mass is 1360 g/mol. The van der Waals surface area contributed by atoms with Gasteiger partial charge in [-0.2, -0.15) is 0 Å². The Hall–Kier alpha value is -10.8. The summed E-state index contributed by atoms with van der Waals surface area (Å²) in [5.74, 6) is -21.0. The van der Waals surface area contributed by atoms with Gasteiger partial charge in [-0.05, 0) is 119 Å². The predicted octanol–water partition coefficient (Wildman–Crippen LogP) is -2.72. The van der Waals surface area contributed by atoms with Crippen LogP contribution in [0.4, 0.5) is 0 Å². The molecule has 0 bridgehead atoms. The summed E-state index contributed by atoms with van der Waals surface area (Å²) in [6.45, 7) is 2.89. The van der Waals surface area contributed by atoms with Gasteiger partial charge in [-0.15, -0.1) is 0 Å². The summed E-state index contributed by atoms with van der Waals surface area (Å²) in [6.07, 6.45) is 0.520. The molecule has 3 heterocycles. The standard InChI is InChI=1S/C66H85N13O19/c1-5-43-58(89)70-34-52(83)78-28-8-10-47(78)62(93)71-37(4)56(77-61(92)44(29-49(67)80)74-57(88)42-25-23-41(24-26-42)22-21-40-19-17-39(18-20-40)16-15-38-13-11-35(2)12-14-38)65(96)79-27-7-6-9-48(79)63(94)76-55(36(3)66(97)98)64(95)75-46(31-54(86)87)60(91)69-33-51(82)73-45(30-53(84)85)59(90)68-32-50(81)72-43/h11-14,17-20,23-26,36-37,43-48,55-56H,5-10,15-16,21-22,27-34H2,1-4H3,(H2,67,80)(H,68,90)(H,69,91)(H,70,89)(H,71,93)(H,72,81)(H,73,82)(H,74,88)(H,75,95)(H,76,94)(H,77,92)(H,84,85)(H,86,87)(H,97,98). The van der Waals surface area contributed by atoms with Crippen LogP contribution < -0.4 is 58.9 Å². The molecule has 32 nitrogen and oxygen atoms in total. The molecule has 3 aromatic rings. The quantitative estimate of drug-likeness (QED) is 0.0580. The number of amides is 13. The third kappa shape index (κ3) is 22.7. The molecule has 32 heteroatoms. The van der Waals surface area contributed by atoms with Crippen LogP contribution in [-0.2, 0) is 97.6 Å². The Bertz CT molecular complexity index is 3480. The highest BCUT2D eigenvalue weighted by molar-refractivity contribution is 6.02. The minimum atomic E-state index is -2.14. The van der Waals surface area contributed by atoms with Crippen LogP contribution in [0.15, 0.2) is 72.8 Å². The maximum Gasteiger partial charge on any atom is 0.308 e. The van der Waals surface area contributed by atoms with E-state index in [1.54, 1.807) is 12.1 Å². The number of nitrogens with two attached hydrogens (primary N) is 1. The van der Waals surface area contributed by atoms with Gasteiger partial charge in [0.2, 0.25) is 70.9 Å². The number of carbonyl (C=O) groups is 16. The molecule has 15 N–H and O–H groups in total. The highest BCUT2D eigenvalue weighted by atomic mass is 16.4. The second-order valence-corrected chi connectivity index (χ2v) is 24.4. The Kier molecular flexibility index (Phi) is 28.3. The van der Waals surface area contributed by atoms with Gasteiger partial charge >= 0.3 is 17.9 Å². The van der Waals surface area contributed by atoms with Crippen LogP contribution in [-0.4, -0.2) is 207 Å². The fourth-order valence-corrected chi connectivity index (χ4v) is 11.4. The normalized spacial score (nSPS) is 22.9. The molecule has 0 aliphatic carbocycles. The number of nitrogens with one attached hydrogen (secondary N) is 10. The van der Waals surface area contributed by atoms with E-state index >= 15 is 4.79 Å². The fourth-order valence-electron chi connectivity index (χ4n) is 11.4. The molecule has 10 unspecified atom stereocenters.